The lowest BCUT2D eigenvalue weighted by Crippen LogP contribution is -2.29. The highest BCUT2D eigenvalue weighted by molar-refractivity contribution is 6.34. The Hall–Kier alpha value is -3.35. The van der Waals surface area contributed by atoms with Crippen molar-refractivity contribution < 1.29 is 29.3 Å². The highest BCUT2D eigenvalue weighted by Gasteiger charge is 2.37. The number of amides is 2. The number of rotatable bonds is 3. The molecule has 0 unspecified atom stereocenters. The van der Waals surface area contributed by atoms with Crippen LogP contribution in [0.5, 0.6) is 11.5 Å². The average Bonchev–Trinajstić information content (AvgIpc) is 2.78. The monoisotopic (exact) mass is 313 g/mol. The average molecular weight is 313 g/mol. The van der Waals surface area contributed by atoms with Crippen molar-refractivity contribution in [2.24, 2.45) is 0 Å². The second kappa shape index (κ2) is 5.13. The molecule has 0 radical (unpaired) electrons. The number of anilines is 1. The smallest absolute Gasteiger partial charge is 0.335 e. The highest BCUT2D eigenvalue weighted by Crippen LogP contribution is 2.34. The van der Waals surface area contributed by atoms with E-state index >= 15 is 0 Å². The Balaban J connectivity index is 2.06. The minimum Gasteiger partial charge on any atom is -0.504 e. The molecule has 0 bridgehead atoms. The van der Waals surface area contributed by atoms with E-state index in [0.717, 1.165) is 4.90 Å². The zero-order valence-corrected chi connectivity index (χ0v) is 11.9. The highest BCUT2D eigenvalue weighted by atomic mass is 16.5. The van der Waals surface area contributed by atoms with Crippen molar-refractivity contribution in [2.45, 2.75) is 0 Å². The summed E-state index contributed by atoms with van der Waals surface area (Å²) >= 11 is 0. The largest absolute Gasteiger partial charge is 0.504 e. The molecule has 7 heteroatoms. The van der Waals surface area contributed by atoms with Crippen LogP contribution >= 0.6 is 0 Å². The van der Waals surface area contributed by atoms with Gasteiger partial charge in [-0.05, 0) is 30.3 Å². The van der Waals surface area contributed by atoms with Gasteiger partial charge in [0.25, 0.3) is 11.8 Å². The normalized spacial score (nSPS) is 13.2. The number of hydrogen-bond acceptors (Lipinski definition) is 5. The van der Waals surface area contributed by atoms with Crippen molar-refractivity contribution in [3.8, 4) is 11.5 Å². The van der Waals surface area contributed by atoms with E-state index in [-0.39, 0.29) is 33.9 Å². The number of nitrogens with zero attached hydrogens (tertiary/aromatic N) is 1. The van der Waals surface area contributed by atoms with Crippen molar-refractivity contribution in [3.05, 3.63) is 53.1 Å². The number of aromatic carboxylic acids is 1. The molecule has 2 aromatic rings. The van der Waals surface area contributed by atoms with Gasteiger partial charge in [-0.3, -0.25) is 9.59 Å². The van der Waals surface area contributed by atoms with Crippen molar-refractivity contribution in [1.29, 1.82) is 0 Å². The summed E-state index contributed by atoms with van der Waals surface area (Å²) in [6.07, 6.45) is 0. The first-order valence-electron chi connectivity index (χ1n) is 6.57. The lowest BCUT2D eigenvalue weighted by Gasteiger charge is -2.15. The Bertz CT molecular complexity index is 858. The molecular weight excluding hydrogens is 302 g/mol. The number of phenolic OH excluding ortho intramolecular Hbond substituents is 1. The topological polar surface area (TPSA) is 104 Å². The maximum atomic E-state index is 12.4. The number of ether oxygens (including phenoxy) is 1. The number of carbonyl (C=O) groups excluding carboxylic acids is 2. The zero-order valence-electron chi connectivity index (χ0n) is 11.9. The van der Waals surface area contributed by atoms with Crippen LogP contribution in [-0.2, 0) is 0 Å². The van der Waals surface area contributed by atoms with E-state index in [0.29, 0.717) is 0 Å². The Kier molecular flexibility index (Phi) is 3.25. The Morgan fingerprint density at radius 3 is 2.35 bits per heavy atom. The molecule has 1 aliphatic rings. The third-order valence-corrected chi connectivity index (χ3v) is 3.55. The van der Waals surface area contributed by atoms with Crippen molar-refractivity contribution in [3.63, 3.8) is 0 Å². The van der Waals surface area contributed by atoms with E-state index < -0.39 is 17.8 Å². The molecular formula is C16H11NO6. The first-order valence-corrected chi connectivity index (χ1v) is 6.57. The molecule has 0 saturated heterocycles. The SMILES string of the molecule is COc1ccc(N2C(=O)c3ccc(C(=O)O)cc3C2=O)cc1O. The number of imide groups is 1. The van der Waals surface area contributed by atoms with Gasteiger partial charge in [0, 0.05) is 6.07 Å². The summed E-state index contributed by atoms with van der Waals surface area (Å²) < 4.78 is 4.92. The summed E-state index contributed by atoms with van der Waals surface area (Å²) in [5, 5.41) is 18.8. The van der Waals surface area contributed by atoms with Gasteiger partial charge >= 0.3 is 5.97 Å². The van der Waals surface area contributed by atoms with Crippen LogP contribution in [0.15, 0.2) is 36.4 Å². The van der Waals surface area contributed by atoms with Gasteiger partial charge in [-0.15, -0.1) is 0 Å². The van der Waals surface area contributed by atoms with E-state index in [1.807, 2.05) is 0 Å². The number of phenols is 1. The molecule has 2 N–H and O–H groups in total. The third-order valence-electron chi connectivity index (χ3n) is 3.55. The summed E-state index contributed by atoms with van der Waals surface area (Å²) in [5.74, 6) is -2.41. The fourth-order valence-corrected chi connectivity index (χ4v) is 2.43. The van der Waals surface area contributed by atoms with Gasteiger partial charge in [0.05, 0.1) is 29.5 Å². The minimum absolute atomic E-state index is 0.0187. The quantitative estimate of drug-likeness (QED) is 0.839. The molecule has 3 rings (SSSR count). The van der Waals surface area contributed by atoms with E-state index in [1.165, 1.54) is 43.5 Å². The third kappa shape index (κ3) is 2.18. The van der Waals surface area contributed by atoms with Crippen LogP contribution in [0.2, 0.25) is 0 Å². The Labute approximate surface area is 130 Å². The molecule has 1 heterocycles. The van der Waals surface area contributed by atoms with Gasteiger partial charge in [0.1, 0.15) is 0 Å². The van der Waals surface area contributed by atoms with Crippen LogP contribution in [0.3, 0.4) is 0 Å². The number of methoxy groups -OCH3 is 1. The molecule has 0 aliphatic carbocycles. The van der Waals surface area contributed by atoms with E-state index in [1.54, 1.807) is 0 Å². The standard InChI is InChI=1S/C16H11NO6/c1-23-13-5-3-9(7-12(13)18)17-14(19)10-4-2-8(16(21)22)6-11(10)15(17)20/h2-7,18H,1H3,(H,21,22). The second-order valence-corrected chi connectivity index (χ2v) is 4.87. The predicted octanol–water partition coefficient (Wildman–Crippen LogP) is 1.90. The number of carboxylic acids is 1. The molecule has 0 spiro atoms. The molecule has 116 valence electrons. The van der Waals surface area contributed by atoms with Gasteiger partial charge < -0.3 is 14.9 Å². The van der Waals surface area contributed by atoms with E-state index in [2.05, 4.69) is 0 Å². The first-order chi connectivity index (χ1) is 10.9. The zero-order chi connectivity index (χ0) is 16.7. The Morgan fingerprint density at radius 1 is 1.04 bits per heavy atom. The molecule has 0 aromatic heterocycles. The van der Waals surface area contributed by atoms with Crippen LogP contribution in [0.25, 0.3) is 0 Å². The summed E-state index contributed by atoms with van der Waals surface area (Å²) in [6, 6.07) is 7.86. The van der Waals surface area contributed by atoms with E-state index in [9.17, 15) is 19.5 Å². The molecule has 0 fully saturated rings. The number of hydrogen-bond donors (Lipinski definition) is 2. The minimum atomic E-state index is -1.19. The van der Waals surface area contributed by atoms with E-state index in [4.69, 9.17) is 9.84 Å². The Morgan fingerprint density at radius 2 is 1.74 bits per heavy atom. The van der Waals surface area contributed by atoms with Crippen molar-refractivity contribution in [2.75, 3.05) is 12.0 Å². The number of benzene rings is 2. The number of carboxylic acid groups (broad SMARTS) is 1. The van der Waals surface area contributed by atoms with Crippen LogP contribution in [-0.4, -0.2) is 35.1 Å². The molecule has 2 amide bonds. The first kappa shape index (κ1) is 14.6. The molecule has 0 saturated carbocycles. The van der Waals surface area contributed by atoms with Crippen LogP contribution < -0.4 is 9.64 Å². The van der Waals surface area contributed by atoms with Crippen molar-refractivity contribution in [1.82, 2.24) is 0 Å². The summed E-state index contributed by atoms with van der Waals surface area (Å²) in [4.78, 5) is 36.7. The molecule has 7 nitrogen and oxygen atoms in total. The predicted molar refractivity (Wildman–Crippen MR) is 79.2 cm³/mol. The molecule has 23 heavy (non-hydrogen) atoms. The van der Waals surface area contributed by atoms with Gasteiger partial charge in [0.2, 0.25) is 0 Å². The maximum Gasteiger partial charge on any atom is 0.335 e. The van der Waals surface area contributed by atoms with Gasteiger partial charge in [-0.1, -0.05) is 0 Å². The molecule has 2 aromatic carbocycles. The fraction of sp³-hybridized carbons (Fsp3) is 0.0625. The number of aromatic hydroxyl groups is 1. The number of fused-ring (bicyclic) bond motifs is 1. The fourth-order valence-electron chi connectivity index (χ4n) is 2.43. The van der Waals surface area contributed by atoms with Gasteiger partial charge in [-0.2, -0.15) is 0 Å². The van der Waals surface area contributed by atoms with Gasteiger partial charge in [0.15, 0.2) is 11.5 Å². The van der Waals surface area contributed by atoms with Crippen LogP contribution in [0.1, 0.15) is 31.1 Å². The summed E-state index contributed by atoms with van der Waals surface area (Å²) in [7, 11) is 1.38. The maximum absolute atomic E-state index is 12.4. The summed E-state index contributed by atoms with van der Waals surface area (Å²) in [6.45, 7) is 0. The lowest BCUT2D eigenvalue weighted by atomic mass is 10.1. The van der Waals surface area contributed by atoms with Crippen LogP contribution in [0.4, 0.5) is 5.69 Å². The molecule has 1 aliphatic heterocycles. The molecule has 0 atom stereocenters. The second-order valence-electron chi connectivity index (χ2n) is 4.87. The number of carbonyl (C=O) groups is 3. The van der Waals surface area contributed by atoms with Crippen LogP contribution in [0, 0.1) is 0 Å². The summed E-state index contributed by atoms with van der Waals surface area (Å²) in [5.41, 5.74) is 0.233. The lowest BCUT2D eigenvalue weighted by molar-refractivity contribution is 0.0696. The van der Waals surface area contributed by atoms with Crippen molar-refractivity contribution >= 4 is 23.5 Å². The van der Waals surface area contributed by atoms with Gasteiger partial charge in [-0.25, -0.2) is 9.69 Å².